The van der Waals surface area contributed by atoms with Gasteiger partial charge >= 0.3 is 5.97 Å². The van der Waals surface area contributed by atoms with Gasteiger partial charge in [-0.2, -0.15) is 0 Å². The van der Waals surface area contributed by atoms with E-state index in [1.165, 1.54) is 18.8 Å². The Morgan fingerprint density at radius 2 is 2.22 bits per heavy atom. The zero-order valence-corrected chi connectivity index (χ0v) is 10.3. The summed E-state index contributed by atoms with van der Waals surface area (Å²) in [5, 5.41) is 21.8. The van der Waals surface area contributed by atoms with Crippen LogP contribution in [0.5, 0.6) is 0 Å². The fourth-order valence-corrected chi connectivity index (χ4v) is 2.39. The Bertz CT molecular complexity index is 401. The molecule has 0 aliphatic heterocycles. The van der Waals surface area contributed by atoms with Crippen LogP contribution in [0.4, 0.5) is 0 Å². The van der Waals surface area contributed by atoms with E-state index < -0.39 is 5.97 Å². The van der Waals surface area contributed by atoms with Crippen LogP contribution >= 0.6 is 0 Å². The summed E-state index contributed by atoms with van der Waals surface area (Å²) >= 11 is 0. The minimum absolute atomic E-state index is 0.171. The number of carboxylic acid groups (broad SMARTS) is 1. The first-order valence-corrected chi connectivity index (χ1v) is 6.36. The van der Waals surface area contributed by atoms with Gasteiger partial charge in [-0.3, -0.25) is 0 Å². The predicted octanol–water partition coefficient (Wildman–Crippen LogP) is 1.62. The highest BCUT2D eigenvalue weighted by atomic mass is 16.4. The van der Waals surface area contributed by atoms with Crippen molar-refractivity contribution in [2.75, 3.05) is 6.54 Å². The summed E-state index contributed by atoms with van der Waals surface area (Å²) in [5.41, 5.74) is 0.171. The molecule has 0 radical (unpaired) electrons. The van der Waals surface area contributed by atoms with E-state index in [-0.39, 0.29) is 11.7 Å². The predicted molar refractivity (Wildman–Crippen MR) is 65.3 cm³/mol. The lowest BCUT2D eigenvalue weighted by atomic mass is 9.86. The molecule has 100 valence electrons. The standard InChI is InChI=1S/C13H19NO4/c15-12-4-2-1-3-9(12)6-14-7-11-5-10(8-18-11)13(16)17/h5,8-9,12,14-15H,1-4,6-7H2,(H,16,17). The summed E-state index contributed by atoms with van der Waals surface area (Å²) in [7, 11) is 0. The fraction of sp³-hybridized carbons (Fsp3) is 0.615. The van der Waals surface area contributed by atoms with E-state index in [0.717, 1.165) is 25.8 Å². The Hall–Kier alpha value is -1.33. The molecule has 5 heteroatoms. The summed E-state index contributed by atoms with van der Waals surface area (Å²) in [4.78, 5) is 10.7. The lowest BCUT2D eigenvalue weighted by molar-refractivity contribution is 0.0689. The number of aromatic carboxylic acids is 1. The van der Waals surface area contributed by atoms with Crippen molar-refractivity contribution < 1.29 is 19.4 Å². The smallest absolute Gasteiger partial charge is 0.338 e. The third-order valence-corrected chi connectivity index (χ3v) is 3.48. The van der Waals surface area contributed by atoms with Crippen LogP contribution in [0.2, 0.25) is 0 Å². The molecular weight excluding hydrogens is 234 g/mol. The van der Waals surface area contributed by atoms with Crippen LogP contribution < -0.4 is 5.32 Å². The molecule has 0 aromatic carbocycles. The van der Waals surface area contributed by atoms with Gasteiger partial charge in [0, 0.05) is 6.54 Å². The van der Waals surface area contributed by atoms with E-state index >= 15 is 0 Å². The minimum atomic E-state index is -0.979. The van der Waals surface area contributed by atoms with Gasteiger partial charge < -0.3 is 19.9 Å². The van der Waals surface area contributed by atoms with Crippen LogP contribution in [-0.4, -0.2) is 28.8 Å². The molecule has 2 rings (SSSR count). The van der Waals surface area contributed by atoms with Gasteiger partial charge in [0.15, 0.2) is 0 Å². The van der Waals surface area contributed by atoms with Crippen LogP contribution in [0.15, 0.2) is 16.7 Å². The Morgan fingerprint density at radius 3 is 2.89 bits per heavy atom. The summed E-state index contributed by atoms with van der Waals surface area (Å²) in [5.74, 6) is -0.0712. The monoisotopic (exact) mass is 253 g/mol. The first-order chi connectivity index (χ1) is 8.66. The van der Waals surface area contributed by atoms with E-state index in [0.29, 0.717) is 18.2 Å². The molecule has 1 heterocycles. The quantitative estimate of drug-likeness (QED) is 0.742. The largest absolute Gasteiger partial charge is 0.478 e. The third-order valence-electron chi connectivity index (χ3n) is 3.48. The molecule has 3 N–H and O–H groups in total. The average molecular weight is 253 g/mol. The molecule has 1 aliphatic rings. The highest BCUT2D eigenvalue weighted by molar-refractivity contribution is 5.87. The topological polar surface area (TPSA) is 82.7 Å². The van der Waals surface area contributed by atoms with Crippen LogP contribution in [0, 0.1) is 5.92 Å². The molecule has 0 spiro atoms. The van der Waals surface area contributed by atoms with E-state index in [9.17, 15) is 9.90 Å². The number of aliphatic hydroxyl groups is 1. The van der Waals surface area contributed by atoms with Gasteiger partial charge in [0.2, 0.25) is 0 Å². The van der Waals surface area contributed by atoms with Crippen molar-refractivity contribution in [3.63, 3.8) is 0 Å². The number of aliphatic hydroxyl groups excluding tert-OH is 1. The van der Waals surface area contributed by atoms with Crippen LogP contribution in [-0.2, 0) is 6.54 Å². The maximum atomic E-state index is 10.7. The molecule has 0 saturated heterocycles. The lowest BCUT2D eigenvalue weighted by Crippen LogP contribution is -2.33. The van der Waals surface area contributed by atoms with Gasteiger partial charge in [0.25, 0.3) is 0 Å². The Balaban J connectivity index is 1.75. The zero-order valence-electron chi connectivity index (χ0n) is 10.3. The molecule has 1 aromatic heterocycles. The average Bonchev–Trinajstić information content (AvgIpc) is 2.80. The minimum Gasteiger partial charge on any atom is -0.478 e. The Labute approximate surface area is 106 Å². The van der Waals surface area contributed by atoms with Crippen molar-refractivity contribution in [1.82, 2.24) is 5.32 Å². The highest BCUT2D eigenvalue weighted by Gasteiger charge is 2.22. The number of carbonyl (C=O) groups is 1. The molecule has 5 nitrogen and oxygen atoms in total. The van der Waals surface area contributed by atoms with Gasteiger partial charge in [-0.1, -0.05) is 12.8 Å². The Kier molecular flexibility index (Phi) is 4.38. The molecule has 1 fully saturated rings. The lowest BCUT2D eigenvalue weighted by Gasteiger charge is -2.27. The number of rotatable bonds is 5. The zero-order chi connectivity index (χ0) is 13.0. The molecule has 1 saturated carbocycles. The number of nitrogens with one attached hydrogen (secondary N) is 1. The van der Waals surface area contributed by atoms with Crippen LogP contribution in [0.25, 0.3) is 0 Å². The summed E-state index contributed by atoms with van der Waals surface area (Å²) in [6, 6.07) is 1.52. The second-order valence-corrected chi connectivity index (χ2v) is 4.85. The SMILES string of the molecule is O=C(O)c1coc(CNCC2CCCCC2O)c1. The molecule has 2 atom stereocenters. The van der Waals surface area contributed by atoms with Crippen LogP contribution in [0.1, 0.15) is 41.8 Å². The summed E-state index contributed by atoms with van der Waals surface area (Å²) in [6.07, 6.45) is 5.25. The van der Waals surface area contributed by atoms with E-state index in [2.05, 4.69) is 5.32 Å². The van der Waals surface area contributed by atoms with Crippen molar-refractivity contribution in [2.45, 2.75) is 38.3 Å². The summed E-state index contributed by atoms with van der Waals surface area (Å²) in [6.45, 7) is 1.24. The molecule has 1 aliphatic carbocycles. The van der Waals surface area contributed by atoms with Crippen molar-refractivity contribution in [1.29, 1.82) is 0 Å². The number of hydrogen-bond acceptors (Lipinski definition) is 4. The van der Waals surface area contributed by atoms with Crippen molar-refractivity contribution >= 4 is 5.97 Å². The van der Waals surface area contributed by atoms with E-state index in [1.54, 1.807) is 0 Å². The summed E-state index contributed by atoms with van der Waals surface area (Å²) < 4.78 is 5.14. The highest BCUT2D eigenvalue weighted by Crippen LogP contribution is 2.23. The van der Waals surface area contributed by atoms with Gasteiger partial charge in [0.1, 0.15) is 12.0 Å². The van der Waals surface area contributed by atoms with Crippen molar-refractivity contribution in [3.8, 4) is 0 Å². The number of carboxylic acids is 1. The maximum Gasteiger partial charge on any atom is 0.338 e. The van der Waals surface area contributed by atoms with Gasteiger partial charge in [0.05, 0.1) is 18.2 Å². The van der Waals surface area contributed by atoms with Gasteiger partial charge in [-0.25, -0.2) is 4.79 Å². The van der Waals surface area contributed by atoms with Crippen LogP contribution in [0.3, 0.4) is 0 Å². The maximum absolute atomic E-state index is 10.7. The normalized spacial score (nSPS) is 24.1. The fourth-order valence-electron chi connectivity index (χ4n) is 2.39. The van der Waals surface area contributed by atoms with E-state index in [1.807, 2.05) is 0 Å². The molecular formula is C13H19NO4. The van der Waals surface area contributed by atoms with E-state index in [4.69, 9.17) is 9.52 Å². The van der Waals surface area contributed by atoms with Crippen molar-refractivity contribution in [3.05, 3.63) is 23.7 Å². The Morgan fingerprint density at radius 1 is 1.44 bits per heavy atom. The van der Waals surface area contributed by atoms with Gasteiger partial charge in [-0.05, 0) is 24.8 Å². The first kappa shape index (κ1) is 13.1. The molecule has 2 unspecified atom stereocenters. The van der Waals surface area contributed by atoms with Crippen molar-refractivity contribution in [2.24, 2.45) is 5.92 Å². The molecule has 18 heavy (non-hydrogen) atoms. The first-order valence-electron chi connectivity index (χ1n) is 6.36. The van der Waals surface area contributed by atoms with Gasteiger partial charge in [-0.15, -0.1) is 0 Å². The second-order valence-electron chi connectivity index (χ2n) is 4.85. The number of hydrogen-bond donors (Lipinski definition) is 3. The molecule has 1 aromatic rings. The molecule has 0 bridgehead atoms. The second kappa shape index (κ2) is 6.02. The number of furan rings is 1. The third kappa shape index (κ3) is 3.34. The molecule has 0 amide bonds.